The lowest BCUT2D eigenvalue weighted by Gasteiger charge is -2.40. The number of carbonyl (C=O) groups excluding carboxylic acids is 6. The van der Waals surface area contributed by atoms with Crippen LogP contribution in [0.5, 0.6) is 0 Å². The van der Waals surface area contributed by atoms with Crippen LogP contribution in [-0.2, 0) is 39.0 Å². The van der Waals surface area contributed by atoms with Crippen molar-refractivity contribution in [3.8, 4) is 0 Å². The molecule has 0 radical (unpaired) electrons. The number of hydrogen-bond donors (Lipinski definition) is 5. The molecule has 1 aromatic carbocycles. The number of nitrogens with zero attached hydrogens (tertiary/aromatic N) is 2. The maximum atomic E-state index is 14.2. The number of hydrogen-bond acceptors (Lipinski definition) is 8. The first-order valence-electron chi connectivity index (χ1n) is 17.5. The minimum atomic E-state index is -1.23. The van der Waals surface area contributed by atoms with Crippen molar-refractivity contribution >= 4 is 41.4 Å². The zero-order valence-electron chi connectivity index (χ0n) is 32.0. The quantitative estimate of drug-likeness (QED) is 0.111. The van der Waals surface area contributed by atoms with Gasteiger partial charge in [-0.05, 0) is 37.3 Å². The Bertz CT molecular complexity index is 1530. The van der Waals surface area contributed by atoms with Crippen LogP contribution in [-0.4, -0.2) is 108 Å². The van der Waals surface area contributed by atoms with E-state index in [2.05, 4.69) is 21.3 Å². The molecule has 0 aromatic heterocycles. The molecule has 0 saturated carbocycles. The van der Waals surface area contributed by atoms with Crippen molar-refractivity contribution in [1.29, 1.82) is 0 Å². The predicted molar refractivity (Wildman–Crippen MR) is 197 cm³/mol. The Morgan fingerprint density at radius 3 is 1.98 bits per heavy atom. The van der Waals surface area contributed by atoms with Gasteiger partial charge in [0.25, 0.3) is 11.8 Å². The average molecular weight is 725 g/mol. The Balaban J connectivity index is 2.25. The van der Waals surface area contributed by atoms with E-state index in [9.17, 15) is 38.7 Å². The lowest BCUT2D eigenvalue weighted by Crippen LogP contribution is -2.61. The van der Waals surface area contributed by atoms with Gasteiger partial charge < -0.3 is 31.3 Å². The van der Waals surface area contributed by atoms with Gasteiger partial charge >= 0.3 is 5.97 Å². The summed E-state index contributed by atoms with van der Waals surface area (Å²) >= 11 is 0. The fourth-order valence-corrected chi connectivity index (χ4v) is 6.04. The van der Waals surface area contributed by atoms with Crippen molar-refractivity contribution in [3.63, 3.8) is 0 Å². The van der Waals surface area contributed by atoms with Gasteiger partial charge in [-0.3, -0.25) is 38.5 Å². The molecule has 1 aromatic rings. The van der Waals surface area contributed by atoms with Crippen LogP contribution in [0.2, 0.25) is 0 Å². The number of rotatable bonds is 18. The molecule has 5 N–H and O–H groups in total. The molecule has 6 amide bonds. The van der Waals surface area contributed by atoms with E-state index in [-0.39, 0.29) is 42.8 Å². The number of aliphatic carboxylic acids is 1. The van der Waals surface area contributed by atoms with Gasteiger partial charge in [0, 0.05) is 49.7 Å². The van der Waals surface area contributed by atoms with Crippen molar-refractivity contribution in [2.24, 2.45) is 11.3 Å². The highest BCUT2D eigenvalue weighted by atomic mass is 16.4. The number of carboxylic acid groups (broad SMARTS) is 1. The van der Waals surface area contributed by atoms with Gasteiger partial charge in [-0.15, -0.1) is 0 Å². The molecule has 52 heavy (non-hydrogen) atoms. The average Bonchev–Trinajstić information content (AvgIpc) is 3.39. The number of imide groups is 1. The van der Waals surface area contributed by atoms with Crippen molar-refractivity contribution < 1.29 is 38.7 Å². The normalized spacial score (nSPS) is 15.9. The number of amides is 6. The summed E-state index contributed by atoms with van der Waals surface area (Å²) in [6, 6.07) is 6.21. The van der Waals surface area contributed by atoms with E-state index in [1.807, 2.05) is 78.8 Å². The first-order valence-corrected chi connectivity index (χ1v) is 17.5. The van der Waals surface area contributed by atoms with Crippen LogP contribution in [0.1, 0.15) is 73.8 Å². The summed E-state index contributed by atoms with van der Waals surface area (Å²) in [5, 5.41) is 20.5. The van der Waals surface area contributed by atoms with Crippen LogP contribution in [0.4, 0.5) is 0 Å². The van der Waals surface area contributed by atoms with Crippen molar-refractivity contribution in [2.75, 3.05) is 27.2 Å². The maximum absolute atomic E-state index is 14.2. The van der Waals surface area contributed by atoms with Gasteiger partial charge in [0.05, 0.1) is 12.1 Å². The highest BCUT2D eigenvalue weighted by molar-refractivity contribution is 6.12. The summed E-state index contributed by atoms with van der Waals surface area (Å²) in [7, 11) is 3.31. The zero-order chi connectivity index (χ0) is 39.6. The Hall–Kier alpha value is -4.85. The fourth-order valence-electron chi connectivity index (χ4n) is 6.04. The van der Waals surface area contributed by atoms with Crippen LogP contribution < -0.4 is 21.3 Å². The number of likely N-dealkylation sites (N-methyl/N-ethyl adjacent to an activating group) is 2. The maximum Gasteiger partial charge on any atom is 0.303 e. The van der Waals surface area contributed by atoms with E-state index in [1.165, 1.54) is 11.8 Å². The van der Waals surface area contributed by atoms with Gasteiger partial charge in [0.1, 0.15) is 12.1 Å². The van der Waals surface area contributed by atoms with Gasteiger partial charge in [-0.25, -0.2) is 0 Å². The zero-order valence-corrected chi connectivity index (χ0v) is 32.0. The molecule has 0 unspecified atom stereocenters. The van der Waals surface area contributed by atoms with E-state index >= 15 is 0 Å². The molecule has 0 aliphatic carbocycles. The second kappa shape index (κ2) is 18.6. The molecule has 2 rings (SSSR count). The summed E-state index contributed by atoms with van der Waals surface area (Å²) in [6.45, 7) is 14.6. The van der Waals surface area contributed by atoms with Gasteiger partial charge in [-0.2, -0.15) is 0 Å². The monoisotopic (exact) mass is 724 g/mol. The summed E-state index contributed by atoms with van der Waals surface area (Å²) in [6.07, 6.45) is 3.24. The lowest BCUT2D eigenvalue weighted by molar-refractivity contribution is -0.141. The van der Waals surface area contributed by atoms with Crippen LogP contribution in [0.15, 0.2) is 54.1 Å². The Labute approximate surface area is 306 Å². The van der Waals surface area contributed by atoms with Crippen molar-refractivity contribution in [1.82, 2.24) is 31.1 Å². The van der Waals surface area contributed by atoms with Crippen LogP contribution in [0.3, 0.4) is 0 Å². The number of carbonyl (C=O) groups is 7. The van der Waals surface area contributed by atoms with Crippen molar-refractivity contribution in [3.05, 3.63) is 59.7 Å². The molecule has 0 saturated heterocycles. The van der Waals surface area contributed by atoms with E-state index in [4.69, 9.17) is 0 Å². The molecule has 0 bridgehead atoms. The minimum absolute atomic E-state index is 0.0955. The molecule has 1 aliphatic rings. The SMILES string of the molecule is CN[C@H](C(=O)N[C@H](C(=O)N(C)[C@H](/C=C(\C)C(=O)N[C@@H](CCC(=O)O)C(=O)NCCN1C(=O)C=CC1=O)C(C)C)C(C)(C)C)C(C)(C)c1ccccc1. The minimum Gasteiger partial charge on any atom is -0.481 e. The van der Waals surface area contributed by atoms with E-state index in [0.717, 1.165) is 22.6 Å². The summed E-state index contributed by atoms with van der Waals surface area (Å²) < 4.78 is 0. The Morgan fingerprint density at radius 1 is 0.904 bits per heavy atom. The highest BCUT2D eigenvalue weighted by Crippen LogP contribution is 2.29. The standard InChI is InChI=1S/C38H56N6O8/c1-23(2)27(22-24(3)33(49)41-26(16-19-30(47)48)34(50)40-20-21-44-28(45)17-18-29(44)46)43(10)36(52)32(37(4,5)6)42-35(51)31(39-9)38(7,8)25-14-12-11-13-15-25/h11-15,17-18,22-23,26-27,31-32,39H,16,19-21H2,1-10H3,(H,40,50)(H,41,49)(H,42,51)(H,47,48)/b24-22+/t26-,27+,31+,32+/m0/s1. The van der Waals surface area contributed by atoms with Gasteiger partial charge in [0.15, 0.2) is 0 Å². The molecule has 4 atom stereocenters. The molecule has 14 nitrogen and oxygen atoms in total. The second-order valence-corrected chi connectivity index (χ2v) is 15.1. The first kappa shape index (κ1) is 43.3. The molecular formula is C38H56N6O8. The number of carboxylic acids is 1. The molecule has 0 spiro atoms. The molecule has 1 heterocycles. The molecule has 286 valence electrons. The van der Waals surface area contributed by atoms with Crippen LogP contribution in [0, 0.1) is 11.3 Å². The molecule has 1 aliphatic heterocycles. The van der Waals surface area contributed by atoms with Gasteiger partial charge in [0.2, 0.25) is 23.6 Å². The third-order valence-corrected chi connectivity index (χ3v) is 9.25. The fraction of sp³-hybridized carbons (Fsp3) is 0.553. The first-order chi connectivity index (χ1) is 24.1. The highest BCUT2D eigenvalue weighted by Gasteiger charge is 2.41. The lowest BCUT2D eigenvalue weighted by atomic mass is 9.76. The Kier molecular flexibility index (Phi) is 15.5. The summed E-state index contributed by atoms with van der Waals surface area (Å²) in [5.41, 5.74) is -0.172. The third kappa shape index (κ3) is 11.6. The largest absolute Gasteiger partial charge is 0.481 e. The van der Waals surface area contributed by atoms with Crippen molar-refractivity contribution in [2.45, 2.75) is 97.8 Å². The molecule has 14 heteroatoms. The predicted octanol–water partition coefficient (Wildman–Crippen LogP) is 1.90. The second-order valence-electron chi connectivity index (χ2n) is 15.1. The van der Waals surface area contributed by atoms with Crippen LogP contribution >= 0.6 is 0 Å². The summed E-state index contributed by atoms with van der Waals surface area (Å²) in [4.78, 5) is 91.8. The topological polar surface area (TPSA) is 194 Å². The molecular weight excluding hydrogens is 668 g/mol. The van der Waals surface area contributed by atoms with E-state index in [1.54, 1.807) is 20.2 Å². The molecule has 0 fully saturated rings. The number of benzene rings is 1. The smallest absolute Gasteiger partial charge is 0.303 e. The number of nitrogens with one attached hydrogen (secondary N) is 4. The Morgan fingerprint density at radius 2 is 1.48 bits per heavy atom. The van der Waals surface area contributed by atoms with E-state index < -0.39 is 71.0 Å². The third-order valence-electron chi connectivity index (χ3n) is 9.25. The summed E-state index contributed by atoms with van der Waals surface area (Å²) in [5.74, 6) is -4.39. The van der Waals surface area contributed by atoms with Gasteiger partial charge in [-0.1, -0.05) is 84.9 Å². The van der Waals surface area contributed by atoms with Crippen LogP contribution in [0.25, 0.3) is 0 Å². The van der Waals surface area contributed by atoms with E-state index in [0.29, 0.717) is 0 Å².